The monoisotopic (exact) mass is 312 g/mol. The van der Waals surface area contributed by atoms with Crippen LogP contribution >= 0.6 is 11.6 Å². The molecule has 0 unspecified atom stereocenters. The molecule has 2 aromatic rings. The van der Waals surface area contributed by atoms with Gasteiger partial charge in [-0.3, -0.25) is 4.72 Å². The molecule has 0 spiro atoms. The van der Waals surface area contributed by atoms with E-state index in [0.29, 0.717) is 18.0 Å². The third-order valence-electron chi connectivity index (χ3n) is 2.45. The molecule has 1 aromatic heterocycles. The van der Waals surface area contributed by atoms with E-state index in [2.05, 4.69) is 9.71 Å². The molecule has 0 aliphatic carbocycles. The Bertz CT molecular complexity index is 704. The number of nitrogens with one attached hydrogen (secondary N) is 1. The van der Waals surface area contributed by atoms with E-state index in [1.807, 2.05) is 6.92 Å². The van der Waals surface area contributed by atoms with E-state index in [4.69, 9.17) is 16.3 Å². The molecule has 20 heavy (non-hydrogen) atoms. The number of pyridine rings is 1. The summed E-state index contributed by atoms with van der Waals surface area (Å²) in [6.45, 7) is 2.26. The zero-order chi connectivity index (χ0) is 14.6. The van der Waals surface area contributed by atoms with Gasteiger partial charge in [0.2, 0.25) is 0 Å². The van der Waals surface area contributed by atoms with Gasteiger partial charge in [-0.2, -0.15) is 0 Å². The molecule has 0 bridgehead atoms. The van der Waals surface area contributed by atoms with Gasteiger partial charge in [-0.25, -0.2) is 13.4 Å². The molecule has 0 atom stereocenters. The highest BCUT2D eigenvalue weighted by Crippen LogP contribution is 2.28. The van der Waals surface area contributed by atoms with Gasteiger partial charge in [0, 0.05) is 6.20 Å². The van der Waals surface area contributed by atoms with Crippen molar-refractivity contribution in [3.8, 4) is 5.75 Å². The van der Waals surface area contributed by atoms with E-state index in [1.165, 1.54) is 18.3 Å². The van der Waals surface area contributed by atoms with Crippen LogP contribution in [0.4, 0.5) is 5.69 Å². The van der Waals surface area contributed by atoms with E-state index in [-0.39, 0.29) is 10.0 Å². The quantitative estimate of drug-likeness (QED) is 0.862. The number of hydrogen-bond acceptors (Lipinski definition) is 4. The van der Waals surface area contributed by atoms with Crippen LogP contribution in [-0.2, 0) is 10.0 Å². The third-order valence-corrected chi connectivity index (χ3v) is 4.26. The van der Waals surface area contributed by atoms with Gasteiger partial charge in [-0.15, -0.1) is 0 Å². The van der Waals surface area contributed by atoms with E-state index < -0.39 is 10.0 Å². The Labute approximate surface area is 122 Å². The van der Waals surface area contributed by atoms with Gasteiger partial charge < -0.3 is 4.74 Å². The standard InChI is InChI=1S/C13H13ClN2O3S/c1-2-19-11-7-4-3-6-10(11)16-20(17,18)12-8-5-9-15-13(12)14/h3-9,16H,2H2,1H3. The zero-order valence-electron chi connectivity index (χ0n) is 10.7. The van der Waals surface area contributed by atoms with E-state index in [1.54, 1.807) is 24.3 Å². The van der Waals surface area contributed by atoms with E-state index in [9.17, 15) is 8.42 Å². The molecule has 1 N–H and O–H groups in total. The fourth-order valence-electron chi connectivity index (χ4n) is 1.60. The number of sulfonamides is 1. The van der Waals surface area contributed by atoms with E-state index >= 15 is 0 Å². The summed E-state index contributed by atoms with van der Waals surface area (Å²) in [5.74, 6) is 0.457. The van der Waals surface area contributed by atoms with Gasteiger partial charge in [-0.05, 0) is 31.2 Å². The summed E-state index contributed by atoms with van der Waals surface area (Å²) >= 11 is 5.81. The first-order valence-electron chi connectivity index (χ1n) is 5.89. The maximum Gasteiger partial charge on any atom is 0.265 e. The number of ether oxygens (including phenoxy) is 1. The number of para-hydroxylation sites is 2. The average Bonchev–Trinajstić information content (AvgIpc) is 2.41. The van der Waals surface area contributed by atoms with Crippen LogP contribution < -0.4 is 9.46 Å². The highest BCUT2D eigenvalue weighted by Gasteiger charge is 2.19. The Kier molecular flexibility index (Phi) is 4.46. The number of rotatable bonds is 5. The van der Waals surface area contributed by atoms with Crippen molar-refractivity contribution >= 4 is 27.3 Å². The first kappa shape index (κ1) is 14.6. The number of benzene rings is 1. The second-order valence-corrected chi connectivity index (χ2v) is 5.84. The number of hydrogen-bond donors (Lipinski definition) is 1. The number of anilines is 1. The molecule has 0 fully saturated rings. The summed E-state index contributed by atoms with van der Waals surface area (Å²) in [4.78, 5) is 3.68. The van der Waals surface area contributed by atoms with Crippen molar-refractivity contribution < 1.29 is 13.2 Å². The summed E-state index contributed by atoms with van der Waals surface area (Å²) in [5.41, 5.74) is 0.356. The van der Waals surface area contributed by atoms with Crippen LogP contribution in [0.2, 0.25) is 5.15 Å². The number of aromatic nitrogens is 1. The molecule has 1 aromatic carbocycles. The Morgan fingerprint density at radius 1 is 1.25 bits per heavy atom. The van der Waals surface area contributed by atoms with Crippen molar-refractivity contribution in [1.29, 1.82) is 0 Å². The predicted octanol–water partition coefficient (Wildman–Crippen LogP) is 2.93. The lowest BCUT2D eigenvalue weighted by molar-refractivity contribution is 0.342. The smallest absolute Gasteiger partial charge is 0.265 e. The van der Waals surface area contributed by atoms with Crippen molar-refractivity contribution in [2.45, 2.75) is 11.8 Å². The summed E-state index contributed by atoms with van der Waals surface area (Å²) < 4.78 is 32.4. The highest BCUT2D eigenvalue weighted by molar-refractivity contribution is 7.92. The van der Waals surface area contributed by atoms with Crippen molar-refractivity contribution in [3.63, 3.8) is 0 Å². The molecular weight excluding hydrogens is 300 g/mol. The van der Waals surface area contributed by atoms with Crippen molar-refractivity contribution in [2.75, 3.05) is 11.3 Å². The molecular formula is C13H13ClN2O3S. The van der Waals surface area contributed by atoms with Gasteiger partial charge in [0.15, 0.2) is 0 Å². The highest BCUT2D eigenvalue weighted by atomic mass is 35.5. The molecule has 2 rings (SSSR count). The molecule has 5 nitrogen and oxygen atoms in total. The molecule has 0 aliphatic heterocycles. The van der Waals surface area contributed by atoms with Gasteiger partial charge >= 0.3 is 0 Å². The SMILES string of the molecule is CCOc1ccccc1NS(=O)(=O)c1cccnc1Cl. The van der Waals surface area contributed by atoms with Crippen LogP contribution in [0.3, 0.4) is 0 Å². The van der Waals surface area contributed by atoms with E-state index in [0.717, 1.165) is 0 Å². The number of nitrogens with zero attached hydrogens (tertiary/aromatic N) is 1. The zero-order valence-corrected chi connectivity index (χ0v) is 12.3. The molecule has 7 heteroatoms. The average molecular weight is 313 g/mol. The van der Waals surface area contributed by atoms with Crippen molar-refractivity contribution in [3.05, 3.63) is 47.7 Å². The Balaban J connectivity index is 2.37. The molecule has 0 saturated carbocycles. The molecule has 0 saturated heterocycles. The normalized spacial score (nSPS) is 11.1. The molecule has 0 aliphatic rings. The minimum Gasteiger partial charge on any atom is -0.492 e. The third kappa shape index (κ3) is 3.20. The first-order chi connectivity index (χ1) is 9.54. The summed E-state index contributed by atoms with van der Waals surface area (Å²) in [5, 5.41) is -0.0751. The lowest BCUT2D eigenvalue weighted by Crippen LogP contribution is -2.14. The number of halogens is 1. The maximum absolute atomic E-state index is 12.3. The Morgan fingerprint density at radius 3 is 2.70 bits per heavy atom. The van der Waals surface area contributed by atoms with Gasteiger partial charge in [0.05, 0.1) is 12.3 Å². The predicted molar refractivity (Wildman–Crippen MR) is 77.7 cm³/mol. The summed E-state index contributed by atoms with van der Waals surface area (Å²) in [6, 6.07) is 9.68. The molecule has 1 heterocycles. The van der Waals surface area contributed by atoms with Crippen molar-refractivity contribution in [1.82, 2.24) is 4.98 Å². The molecule has 106 valence electrons. The van der Waals surface area contributed by atoms with Crippen LogP contribution in [0, 0.1) is 0 Å². The fourth-order valence-corrected chi connectivity index (χ4v) is 3.13. The Hall–Kier alpha value is -1.79. The van der Waals surface area contributed by atoms with Crippen molar-refractivity contribution in [2.24, 2.45) is 0 Å². The lowest BCUT2D eigenvalue weighted by atomic mass is 10.3. The summed E-state index contributed by atoms with van der Waals surface area (Å²) in [6.07, 6.45) is 1.43. The minimum atomic E-state index is -3.81. The Morgan fingerprint density at radius 2 is 2.00 bits per heavy atom. The fraction of sp³-hybridized carbons (Fsp3) is 0.154. The van der Waals surface area contributed by atoms with Crippen LogP contribution in [0.25, 0.3) is 0 Å². The maximum atomic E-state index is 12.3. The topological polar surface area (TPSA) is 68.3 Å². The second kappa shape index (κ2) is 6.11. The van der Waals surface area contributed by atoms with Crippen LogP contribution in [0.5, 0.6) is 5.75 Å². The van der Waals surface area contributed by atoms with Crippen LogP contribution in [0.1, 0.15) is 6.92 Å². The first-order valence-corrected chi connectivity index (χ1v) is 7.76. The minimum absolute atomic E-state index is 0.0751. The summed E-state index contributed by atoms with van der Waals surface area (Å²) in [7, 11) is -3.81. The van der Waals surface area contributed by atoms with Crippen LogP contribution in [-0.4, -0.2) is 20.0 Å². The van der Waals surface area contributed by atoms with Crippen LogP contribution in [0.15, 0.2) is 47.5 Å². The largest absolute Gasteiger partial charge is 0.492 e. The van der Waals surface area contributed by atoms with Gasteiger partial charge in [-0.1, -0.05) is 23.7 Å². The molecule has 0 amide bonds. The van der Waals surface area contributed by atoms with Gasteiger partial charge in [0.1, 0.15) is 15.8 Å². The van der Waals surface area contributed by atoms with Gasteiger partial charge in [0.25, 0.3) is 10.0 Å². The second-order valence-electron chi connectivity index (χ2n) is 3.83. The molecule has 0 radical (unpaired) electrons. The lowest BCUT2D eigenvalue weighted by Gasteiger charge is -2.12.